The Labute approximate surface area is 159 Å². The fourth-order valence-corrected chi connectivity index (χ4v) is 2.21. The molecular weight excluding hydrogens is 375 g/mol. The Morgan fingerprint density at radius 2 is 1.79 bits per heavy atom. The van der Waals surface area contributed by atoms with E-state index >= 15 is 0 Å². The van der Waals surface area contributed by atoms with Crippen LogP contribution in [0.15, 0.2) is 48.5 Å². The fourth-order valence-electron chi connectivity index (χ4n) is 2.21. The fraction of sp³-hybridized carbons (Fsp3) is 0.200. The molecular formula is C20H18F3NO4. The van der Waals surface area contributed by atoms with Crippen molar-refractivity contribution in [2.75, 3.05) is 19.0 Å². The molecule has 0 saturated carbocycles. The van der Waals surface area contributed by atoms with Crippen molar-refractivity contribution in [3.63, 3.8) is 0 Å². The summed E-state index contributed by atoms with van der Waals surface area (Å²) in [5, 5.41) is 2.49. The lowest BCUT2D eigenvalue weighted by Gasteiger charge is -2.14. The van der Waals surface area contributed by atoms with Crippen LogP contribution in [0.2, 0.25) is 0 Å². The lowest BCUT2D eigenvalue weighted by Crippen LogP contribution is -2.20. The van der Waals surface area contributed by atoms with Crippen molar-refractivity contribution in [2.24, 2.45) is 0 Å². The van der Waals surface area contributed by atoms with Gasteiger partial charge in [0.05, 0.1) is 18.4 Å². The molecule has 0 heterocycles. The van der Waals surface area contributed by atoms with Crippen LogP contribution >= 0.6 is 0 Å². The zero-order valence-corrected chi connectivity index (χ0v) is 15.2. The first-order valence-corrected chi connectivity index (χ1v) is 8.15. The number of hydrogen-bond donors (Lipinski definition) is 1. The Morgan fingerprint density at radius 1 is 1.11 bits per heavy atom. The van der Waals surface area contributed by atoms with Gasteiger partial charge in [-0.15, -0.1) is 0 Å². The number of aryl methyl sites for hydroxylation is 1. The number of carbonyl (C=O) groups is 2. The highest BCUT2D eigenvalue weighted by Gasteiger charge is 2.29. The molecule has 2 rings (SSSR count). The maximum Gasteiger partial charge on any atom is 0.422 e. The topological polar surface area (TPSA) is 64.6 Å². The number of carbonyl (C=O) groups excluding carboxylic acids is 2. The average molecular weight is 393 g/mol. The van der Waals surface area contributed by atoms with Crippen molar-refractivity contribution in [2.45, 2.75) is 13.1 Å². The molecule has 0 aliphatic carbocycles. The van der Waals surface area contributed by atoms with Gasteiger partial charge in [0.15, 0.2) is 6.61 Å². The average Bonchev–Trinajstić information content (AvgIpc) is 2.65. The zero-order chi connectivity index (χ0) is 20.7. The number of nitrogens with one attached hydrogen (secondary N) is 1. The molecule has 0 unspecified atom stereocenters. The molecule has 0 aliphatic rings. The molecule has 2 aromatic rings. The standard InChI is InChI=1S/C20H18F3NO4/c1-13-3-9-16(17(11-13)28-12-20(21,22)23)24-18(25)10-6-14-4-7-15(8-5-14)19(26)27-2/h3-11H,12H2,1-2H3,(H,24,25)/b10-6+. The van der Waals surface area contributed by atoms with Gasteiger partial charge in [-0.2, -0.15) is 13.2 Å². The van der Waals surface area contributed by atoms with Gasteiger partial charge in [-0.05, 0) is 48.4 Å². The summed E-state index contributed by atoms with van der Waals surface area (Å²) in [4.78, 5) is 23.5. The number of ether oxygens (including phenoxy) is 2. The molecule has 0 fully saturated rings. The number of benzene rings is 2. The number of amides is 1. The molecule has 5 nitrogen and oxygen atoms in total. The second-order valence-electron chi connectivity index (χ2n) is 5.84. The van der Waals surface area contributed by atoms with E-state index in [9.17, 15) is 22.8 Å². The first-order chi connectivity index (χ1) is 13.2. The van der Waals surface area contributed by atoms with E-state index in [2.05, 4.69) is 10.1 Å². The van der Waals surface area contributed by atoms with Crippen LogP contribution in [0.5, 0.6) is 5.75 Å². The van der Waals surface area contributed by atoms with Crippen LogP contribution in [-0.4, -0.2) is 31.8 Å². The summed E-state index contributed by atoms with van der Waals surface area (Å²) in [6, 6.07) is 10.9. The van der Waals surface area contributed by atoms with E-state index in [1.165, 1.54) is 31.4 Å². The summed E-state index contributed by atoms with van der Waals surface area (Å²) in [5.41, 5.74) is 1.84. The van der Waals surface area contributed by atoms with Crippen molar-refractivity contribution in [1.29, 1.82) is 0 Å². The third-order valence-electron chi connectivity index (χ3n) is 3.55. The van der Waals surface area contributed by atoms with E-state index in [1.807, 2.05) is 0 Å². The quantitative estimate of drug-likeness (QED) is 0.585. The minimum Gasteiger partial charge on any atom is -0.482 e. The first kappa shape index (κ1) is 21.0. The summed E-state index contributed by atoms with van der Waals surface area (Å²) in [5.74, 6) is -1.08. The Bertz CT molecular complexity index is 874. The Hall–Kier alpha value is -3.29. The van der Waals surface area contributed by atoms with Crippen LogP contribution < -0.4 is 10.1 Å². The van der Waals surface area contributed by atoms with Crippen LogP contribution in [0, 0.1) is 6.92 Å². The number of alkyl halides is 3. The Balaban J connectivity index is 2.06. The largest absolute Gasteiger partial charge is 0.482 e. The number of hydrogen-bond acceptors (Lipinski definition) is 4. The van der Waals surface area contributed by atoms with E-state index in [4.69, 9.17) is 4.74 Å². The van der Waals surface area contributed by atoms with Crippen molar-refractivity contribution in [1.82, 2.24) is 0 Å². The van der Waals surface area contributed by atoms with Crippen molar-refractivity contribution in [3.8, 4) is 5.75 Å². The van der Waals surface area contributed by atoms with Crippen LogP contribution in [-0.2, 0) is 9.53 Å². The van der Waals surface area contributed by atoms with Gasteiger partial charge in [0.2, 0.25) is 5.91 Å². The SMILES string of the molecule is COC(=O)c1ccc(/C=C/C(=O)Nc2ccc(C)cc2OCC(F)(F)F)cc1. The predicted octanol–water partition coefficient (Wildman–Crippen LogP) is 4.37. The summed E-state index contributed by atoms with van der Waals surface area (Å²) >= 11 is 0. The number of rotatable bonds is 6. The highest BCUT2D eigenvalue weighted by molar-refractivity contribution is 6.02. The lowest BCUT2D eigenvalue weighted by molar-refractivity contribution is -0.153. The van der Waals surface area contributed by atoms with Crippen molar-refractivity contribution < 1.29 is 32.2 Å². The lowest BCUT2D eigenvalue weighted by atomic mass is 10.1. The molecule has 8 heteroatoms. The van der Waals surface area contributed by atoms with Gasteiger partial charge in [0.1, 0.15) is 5.75 Å². The maximum absolute atomic E-state index is 12.4. The molecule has 0 radical (unpaired) electrons. The van der Waals surface area contributed by atoms with Gasteiger partial charge in [-0.1, -0.05) is 18.2 Å². The molecule has 0 saturated heterocycles. The summed E-state index contributed by atoms with van der Waals surface area (Å²) in [7, 11) is 1.28. The van der Waals surface area contributed by atoms with E-state index in [1.54, 1.807) is 37.3 Å². The molecule has 0 aliphatic heterocycles. The summed E-state index contributed by atoms with van der Waals surface area (Å²) < 4.78 is 46.6. The highest BCUT2D eigenvalue weighted by atomic mass is 19.4. The number of halogens is 3. The van der Waals surface area contributed by atoms with E-state index < -0.39 is 24.7 Å². The number of methoxy groups -OCH3 is 1. The molecule has 0 aromatic heterocycles. The highest BCUT2D eigenvalue weighted by Crippen LogP contribution is 2.28. The van der Waals surface area contributed by atoms with Gasteiger partial charge in [-0.3, -0.25) is 4.79 Å². The number of esters is 1. The second kappa shape index (κ2) is 9.07. The monoisotopic (exact) mass is 393 g/mol. The predicted molar refractivity (Wildman–Crippen MR) is 98.2 cm³/mol. The zero-order valence-electron chi connectivity index (χ0n) is 15.2. The maximum atomic E-state index is 12.4. The molecule has 1 amide bonds. The van der Waals surface area contributed by atoms with E-state index in [-0.39, 0.29) is 11.4 Å². The molecule has 0 bridgehead atoms. The second-order valence-corrected chi connectivity index (χ2v) is 5.84. The van der Waals surface area contributed by atoms with Gasteiger partial charge in [0, 0.05) is 6.08 Å². The van der Waals surface area contributed by atoms with Crippen molar-refractivity contribution in [3.05, 3.63) is 65.2 Å². The van der Waals surface area contributed by atoms with Gasteiger partial charge >= 0.3 is 12.1 Å². The molecule has 1 N–H and O–H groups in total. The molecule has 0 atom stereocenters. The minimum atomic E-state index is -4.48. The van der Waals surface area contributed by atoms with Crippen LogP contribution in [0.1, 0.15) is 21.5 Å². The first-order valence-electron chi connectivity index (χ1n) is 8.15. The summed E-state index contributed by atoms with van der Waals surface area (Å²) in [6.45, 7) is 0.242. The summed E-state index contributed by atoms with van der Waals surface area (Å²) in [6.07, 6.45) is -1.76. The third-order valence-corrected chi connectivity index (χ3v) is 3.55. The van der Waals surface area contributed by atoms with Crippen LogP contribution in [0.4, 0.5) is 18.9 Å². The van der Waals surface area contributed by atoms with Crippen molar-refractivity contribution >= 4 is 23.6 Å². The van der Waals surface area contributed by atoms with Gasteiger partial charge in [0.25, 0.3) is 0 Å². The Kier molecular flexibility index (Phi) is 6.81. The molecule has 148 valence electrons. The third kappa shape index (κ3) is 6.46. The van der Waals surface area contributed by atoms with Crippen LogP contribution in [0.25, 0.3) is 6.08 Å². The molecule has 0 spiro atoms. The minimum absolute atomic E-state index is 0.0681. The molecule has 2 aromatic carbocycles. The van der Waals surface area contributed by atoms with Gasteiger partial charge in [-0.25, -0.2) is 4.79 Å². The Morgan fingerprint density at radius 3 is 2.39 bits per heavy atom. The smallest absolute Gasteiger partial charge is 0.422 e. The van der Waals surface area contributed by atoms with Gasteiger partial charge < -0.3 is 14.8 Å². The van der Waals surface area contributed by atoms with E-state index in [0.29, 0.717) is 16.7 Å². The molecule has 28 heavy (non-hydrogen) atoms. The van der Waals surface area contributed by atoms with E-state index in [0.717, 1.165) is 0 Å². The van der Waals surface area contributed by atoms with Crippen LogP contribution in [0.3, 0.4) is 0 Å². The number of anilines is 1. The normalized spacial score (nSPS) is 11.3.